The number of hydrogen-bond acceptors (Lipinski definition) is 4. The molecule has 17 heavy (non-hydrogen) atoms. The van der Waals surface area contributed by atoms with Crippen LogP contribution in [0.1, 0.15) is 18.4 Å². The molecule has 0 amide bonds. The van der Waals surface area contributed by atoms with Crippen LogP contribution in [0.3, 0.4) is 0 Å². The van der Waals surface area contributed by atoms with E-state index in [1.165, 1.54) is 25.9 Å². The Hall–Kier alpha value is -1.29. The fourth-order valence-electron chi connectivity index (χ4n) is 2.35. The highest BCUT2D eigenvalue weighted by Gasteiger charge is 2.16. The first-order valence-corrected chi connectivity index (χ1v) is 6.29. The molecule has 4 heteroatoms. The zero-order chi connectivity index (χ0) is 12.3. The van der Waals surface area contributed by atoms with Crippen molar-refractivity contribution < 1.29 is 0 Å². The lowest BCUT2D eigenvalue weighted by Crippen LogP contribution is -2.35. The van der Waals surface area contributed by atoms with Gasteiger partial charge in [-0.05, 0) is 50.9 Å². The van der Waals surface area contributed by atoms with E-state index in [1.807, 2.05) is 13.0 Å². The van der Waals surface area contributed by atoms with Gasteiger partial charge in [-0.25, -0.2) is 4.98 Å². The Morgan fingerprint density at radius 1 is 1.59 bits per heavy atom. The summed E-state index contributed by atoms with van der Waals surface area (Å²) in [5.41, 5.74) is 7.59. The predicted octanol–water partition coefficient (Wildman–Crippen LogP) is 1.73. The molecule has 1 aromatic rings. The van der Waals surface area contributed by atoms with Crippen molar-refractivity contribution in [3.8, 4) is 0 Å². The quantitative estimate of drug-likeness (QED) is 0.836. The number of nitrogens with two attached hydrogens (primary N) is 1. The largest absolute Gasteiger partial charge is 0.397 e. The monoisotopic (exact) mass is 234 g/mol. The highest BCUT2D eigenvalue weighted by Crippen LogP contribution is 2.17. The maximum Gasteiger partial charge on any atom is 0.126 e. The van der Waals surface area contributed by atoms with Gasteiger partial charge in [-0.3, -0.25) is 0 Å². The van der Waals surface area contributed by atoms with Crippen LogP contribution >= 0.6 is 0 Å². The van der Waals surface area contributed by atoms with E-state index >= 15 is 0 Å². The van der Waals surface area contributed by atoms with E-state index in [2.05, 4.69) is 22.2 Å². The molecule has 4 nitrogen and oxygen atoms in total. The topological polar surface area (TPSA) is 54.2 Å². The Kier molecular flexibility index (Phi) is 3.84. The molecule has 0 aliphatic carbocycles. The van der Waals surface area contributed by atoms with Crippen LogP contribution in [0.25, 0.3) is 0 Å². The van der Waals surface area contributed by atoms with Crippen LogP contribution in [0.2, 0.25) is 0 Å². The molecule has 0 aromatic carbocycles. The van der Waals surface area contributed by atoms with Gasteiger partial charge in [0.15, 0.2) is 0 Å². The minimum absolute atomic E-state index is 0.730. The van der Waals surface area contributed by atoms with E-state index in [1.54, 1.807) is 6.20 Å². The van der Waals surface area contributed by atoms with Gasteiger partial charge in [0.25, 0.3) is 0 Å². The number of nitrogens with one attached hydrogen (secondary N) is 1. The molecule has 0 spiro atoms. The van der Waals surface area contributed by atoms with Gasteiger partial charge in [-0.15, -0.1) is 0 Å². The Labute approximate surface area is 103 Å². The molecule has 0 radical (unpaired) electrons. The first-order chi connectivity index (χ1) is 8.15. The van der Waals surface area contributed by atoms with E-state index in [0.717, 1.165) is 29.5 Å². The predicted molar refractivity (Wildman–Crippen MR) is 72.1 cm³/mol. The Balaban J connectivity index is 1.86. The van der Waals surface area contributed by atoms with Crippen LogP contribution < -0.4 is 11.1 Å². The first kappa shape index (κ1) is 12.2. The summed E-state index contributed by atoms with van der Waals surface area (Å²) in [6.45, 7) is 5.42. The minimum Gasteiger partial charge on any atom is -0.397 e. The van der Waals surface area contributed by atoms with Crippen LogP contribution in [-0.4, -0.2) is 36.6 Å². The van der Waals surface area contributed by atoms with Crippen molar-refractivity contribution in [1.29, 1.82) is 0 Å². The number of nitrogens with zero attached hydrogens (tertiary/aromatic N) is 2. The molecule has 1 aliphatic heterocycles. The number of anilines is 2. The maximum atomic E-state index is 5.75. The zero-order valence-corrected chi connectivity index (χ0v) is 10.7. The van der Waals surface area contributed by atoms with Crippen molar-refractivity contribution in [2.45, 2.75) is 19.8 Å². The summed E-state index contributed by atoms with van der Waals surface area (Å²) in [6, 6.07) is 2.02. The summed E-state index contributed by atoms with van der Waals surface area (Å²) in [4.78, 5) is 6.69. The molecule has 94 valence electrons. The number of pyridine rings is 1. The molecule has 2 rings (SSSR count). The lowest BCUT2D eigenvalue weighted by molar-refractivity contribution is 0.217. The lowest BCUT2D eigenvalue weighted by Gasteiger charge is -2.29. The van der Waals surface area contributed by atoms with E-state index in [0.29, 0.717) is 0 Å². The number of hydrogen-bond donors (Lipinski definition) is 2. The molecule has 1 aromatic heterocycles. The summed E-state index contributed by atoms with van der Waals surface area (Å²) in [5, 5.41) is 3.41. The van der Waals surface area contributed by atoms with Crippen LogP contribution in [0.5, 0.6) is 0 Å². The summed E-state index contributed by atoms with van der Waals surface area (Å²) in [5.74, 6) is 1.67. The lowest BCUT2D eigenvalue weighted by atomic mass is 9.98. The molecule has 0 saturated carbocycles. The van der Waals surface area contributed by atoms with Gasteiger partial charge in [0.2, 0.25) is 0 Å². The molecule has 1 aliphatic rings. The number of nitrogen functional groups attached to an aromatic ring is 1. The van der Waals surface area contributed by atoms with Crippen LogP contribution in [0.4, 0.5) is 11.5 Å². The third-order valence-corrected chi connectivity index (χ3v) is 3.45. The summed E-state index contributed by atoms with van der Waals surface area (Å²) in [7, 11) is 2.19. The van der Waals surface area contributed by atoms with Crippen molar-refractivity contribution in [2.24, 2.45) is 5.92 Å². The van der Waals surface area contributed by atoms with Crippen molar-refractivity contribution in [3.05, 3.63) is 17.8 Å². The molecule has 1 saturated heterocycles. The molecule has 3 N–H and O–H groups in total. The Morgan fingerprint density at radius 2 is 2.41 bits per heavy atom. The molecular formula is C13H22N4. The summed E-state index contributed by atoms with van der Waals surface area (Å²) >= 11 is 0. The van der Waals surface area contributed by atoms with Crippen molar-refractivity contribution in [2.75, 3.05) is 37.7 Å². The first-order valence-electron chi connectivity index (χ1n) is 6.29. The number of likely N-dealkylation sites (tertiary alicyclic amines) is 1. The van der Waals surface area contributed by atoms with Crippen molar-refractivity contribution >= 4 is 11.5 Å². The highest BCUT2D eigenvalue weighted by molar-refractivity contribution is 5.50. The Bertz CT molecular complexity index is 378. The SMILES string of the molecule is Cc1cc(NCC2CCCN(C)C2)ncc1N. The van der Waals surface area contributed by atoms with Gasteiger partial charge in [0, 0.05) is 13.1 Å². The molecule has 0 bridgehead atoms. The van der Waals surface area contributed by atoms with Crippen LogP contribution in [0.15, 0.2) is 12.3 Å². The normalized spacial score (nSPS) is 21.4. The summed E-state index contributed by atoms with van der Waals surface area (Å²) in [6.07, 6.45) is 4.34. The third kappa shape index (κ3) is 3.33. The van der Waals surface area contributed by atoms with E-state index in [9.17, 15) is 0 Å². The van der Waals surface area contributed by atoms with E-state index in [4.69, 9.17) is 5.73 Å². The highest BCUT2D eigenvalue weighted by atomic mass is 15.1. The van der Waals surface area contributed by atoms with Crippen LogP contribution in [0, 0.1) is 12.8 Å². The average molecular weight is 234 g/mol. The zero-order valence-electron chi connectivity index (χ0n) is 10.7. The third-order valence-electron chi connectivity index (χ3n) is 3.45. The molecule has 2 heterocycles. The molecular weight excluding hydrogens is 212 g/mol. The minimum atomic E-state index is 0.730. The molecule has 1 fully saturated rings. The van der Waals surface area contributed by atoms with Gasteiger partial charge in [-0.1, -0.05) is 0 Å². The smallest absolute Gasteiger partial charge is 0.126 e. The van der Waals surface area contributed by atoms with Crippen molar-refractivity contribution in [1.82, 2.24) is 9.88 Å². The standard InChI is InChI=1S/C13H22N4/c1-10-6-13(16-8-12(10)14)15-7-11-4-3-5-17(2)9-11/h6,8,11H,3-5,7,9,14H2,1-2H3,(H,15,16). The number of aromatic nitrogens is 1. The maximum absolute atomic E-state index is 5.75. The number of piperidine rings is 1. The number of aryl methyl sites for hydroxylation is 1. The van der Waals surface area contributed by atoms with E-state index in [-0.39, 0.29) is 0 Å². The fraction of sp³-hybridized carbons (Fsp3) is 0.615. The fourth-order valence-corrected chi connectivity index (χ4v) is 2.35. The van der Waals surface area contributed by atoms with Gasteiger partial charge in [0.1, 0.15) is 5.82 Å². The number of rotatable bonds is 3. The Morgan fingerprint density at radius 3 is 3.12 bits per heavy atom. The van der Waals surface area contributed by atoms with Gasteiger partial charge in [0.05, 0.1) is 11.9 Å². The second-order valence-electron chi connectivity index (χ2n) is 5.08. The second-order valence-corrected chi connectivity index (χ2v) is 5.08. The molecule has 1 unspecified atom stereocenters. The summed E-state index contributed by atoms with van der Waals surface area (Å²) < 4.78 is 0. The van der Waals surface area contributed by atoms with Crippen molar-refractivity contribution in [3.63, 3.8) is 0 Å². The average Bonchev–Trinajstić information content (AvgIpc) is 2.31. The van der Waals surface area contributed by atoms with E-state index < -0.39 is 0 Å². The van der Waals surface area contributed by atoms with Gasteiger partial charge in [-0.2, -0.15) is 0 Å². The van der Waals surface area contributed by atoms with Gasteiger partial charge < -0.3 is 16.0 Å². The second kappa shape index (κ2) is 5.36. The van der Waals surface area contributed by atoms with Gasteiger partial charge >= 0.3 is 0 Å². The van der Waals surface area contributed by atoms with Crippen LogP contribution in [-0.2, 0) is 0 Å². The molecule has 1 atom stereocenters.